The zero-order valence-corrected chi connectivity index (χ0v) is 11.9. The lowest BCUT2D eigenvalue weighted by Crippen LogP contribution is -2.33. The molecule has 114 valence electrons. The van der Waals surface area contributed by atoms with E-state index in [0.29, 0.717) is 16.3 Å². The molecule has 1 aliphatic rings. The number of rotatable bonds is 3. The lowest BCUT2D eigenvalue weighted by atomic mass is 10.1. The van der Waals surface area contributed by atoms with Crippen molar-refractivity contribution < 1.29 is 20.1 Å². The van der Waals surface area contributed by atoms with Crippen molar-refractivity contribution >= 4 is 28.7 Å². The monoisotopic (exact) mass is 313 g/mol. The van der Waals surface area contributed by atoms with Crippen LogP contribution in [0.25, 0.3) is 11.2 Å². The van der Waals surface area contributed by atoms with E-state index in [1.54, 1.807) is 0 Å². The lowest BCUT2D eigenvalue weighted by molar-refractivity contribution is -0.0511. The first kappa shape index (κ1) is 14.5. The SMILES string of the molecule is CSc1nc(N)c2ncn([C@H]3O[C@H](CO)[C@@H](O)[C@@H]3O)c2n1. The Hall–Kier alpha value is -1.46. The Balaban J connectivity index is 2.07. The van der Waals surface area contributed by atoms with Crippen LogP contribution in [0.15, 0.2) is 11.5 Å². The van der Waals surface area contributed by atoms with Crippen molar-refractivity contribution in [2.75, 3.05) is 18.6 Å². The predicted molar refractivity (Wildman–Crippen MR) is 74.5 cm³/mol. The van der Waals surface area contributed by atoms with Gasteiger partial charge in [-0.1, -0.05) is 11.8 Å². The van der Waals surface area contributed by atoms with Gasteiger partial charge in [-0.05, 0) is 6.26 Å². The molecule has 5 N–H and O–H groups in total. The number of hydrogen-bond acceptors (Lipinski definition) is 9. The van der Waals surface area contributed by atoms with Gasteiger partial charge in [-0.2, -0.15) is 0 Å². The number of ether oxygens (including phenoxy) is 1. The molecule has 0 amide bonds. The largest absolute Gasteiger partial charge is 0.394 e. The second-order valence-electron chi connectivity index (χ2n) is 4.65. The van der Waals surface area contributed by atoms with Crippen LogP contribution in [0, 0.1) is 0 Å². The third-order valence-electron chi connectivity index (χ3n) is 3.40. The quantitative estimate of drug-likeness (QED) is 0.404. The number of aliphatic hydroxyl groups is 3. The minimum atomic E-state index is -1.20. The van der Waals surface area contributed by atoms with Gasteiger partial charge < -0.3 is 25.8 Å². The number of nitrogen functional groups attached to an aromatic ring is 1. The van der Waals surface area contributed by atoms with Gasteiger partial charge in [-0.3, -0.25) is 4.57 Å². The molecule has 0 radical (unpaired) electrons. The number of fused-ring (bicyclic) bond motifs is 1. The van der Waals surface area contributed by atoms with Crippen molar-refractivity contribution in [1.29, 1.82) is 0 Å². The molecule has 0 aliphatic carbocycles. The number of nitrogens with two attached hydrogens (primary N) is 1. The van der Waals surface area contributed by atoms with Gasteiger partial charge in [0, 0.05) is 0 Å². The maximum absolute atomic E-state index is 10.1. The molecule has 2 aromatic heterocycles. The molecule has 1 fully saturated rings. The van der Waals surface area contributed by atoms with E-state index in [1.807, 2.05) is 6.26 Å². The molecule has 1 saturated heterocycles. The summed E-state index contributed by atoms with van der Waals surface area (Å²) in [5.41, 5.74) is 6.63. The molecule has 3 rings (SSSR count). The molecule has 21 heavy (non-hydrogen) atoms. The summed E-state index contributed by atoms with van der Waals surface area (Å²) in [6.45, 7) is -0.394. The predicted octanol–water partition coefficient (Wildman–Crippen LogP) is -1.26. The van der Waals surface area contributed by atoms with E-state index in [9.17, 15) is 10.2 Å². The molecule has 0 aromatic carbocycles. The summed E-state index contributed by atoms with van der Waals surface area (Å²) >= 11 is 1.32. The van der Waals surface area contributed by atoms with E-state index in [-0.39, 0.29) is 5.82 Å². The third-order valence-corrected chi connectivity index (χ3v) is 3.95. The first-order chi connectivity index (χ1) is 10.1. The Kier molecular flexibility index (Phi) is 3.71. The molecule has 1 aliphatic heterocycles. The molecular weight excluding hydrogens is 298 g/mol. The highest BCUT2D eigenvalue weighted by Gasteiger charge is 2.44. The second kappa shape index (κ2) is 5.39. The minimum Gasteiger partial charge on any atom is -0.394 e. The van der Waals surface area contributed by atoms with Crippen LogP contribution < -0.4 is 5.73 Å². The molecule has 0 bridgehead atoms. The van der Waals surface area contributed by atoms with Gasteiger partial charge in [-0.15, -0.1) is 0 Å². The summed E-state index contributed by atoms with van der Waals surface area (Å²) in [6, 6.07) is 0. The smallest absolute Gasteiger partial charge is 0.191 e. The fraction of sp³-hybridized carbons (Fsp3) is 0.545. The maximum atomic E-state index is 10.1. The van der Waals surface area contributed by atoms with Gasteiger partial charge in [0.25, 0.3) is 0 Å². The van der Waals surface area contributed by atoms with Crippen LogP contribution in [-0.4, -0.2) is 66.0 Å². The molecule has 3 heterocycles. The van der Waals surface area contributed by atoms with Gasteiger partial charge in [0.1, 0.15) is 23.8 Å². The highest BCUT2D eigenvalue weighted by Crippen LogP contribution is 2.32. The van der Waals surface area contributed by atoms with Crippen molar-refractivity contribution in [1.82, 2.24) is 19.5 Å². The minimum absolute atomic E-state index is 0.231. The average molecular weight is 313 g/mol. The molecule has 0 spiro atoms. The Morgan fingerprint density at radius 1 is 1.38 bits per heavy atom. The number of hydrogen-bond donors (Lipinski definition) is 4. The Morgan fingerprint density at radius 2 is 2.14 bits per heavy atom. The van der Waals surface area contributed by atoms with Gasteiger partial charge in [0.15, 0.2) is 22.8 Å². The van der Waals surface area contributed by atoms with E-state index in [0.717, 1.165) is 0 Å². The fourth-order valence-electron chi connectivity index (χ4n) is 2.30. The molecule has 10 heteroatoms. The maximum Gasteiger partial charge on any atom is 0.191 e. The first-order valence-corrected chi connectivity index (χ1v) is 7.45. The number of imidazole rings is 1. The van der Waals surface area contributed by atoms with E-state index in [4.69, 9.17) is 15.6 Å². The molecule has 4 atom stereocenters. The van der Waals surface area contributed by atoms with Crippen molar-refractivity contribution in [3.8, 4) is 0 Å². The highest BCUT2D eigenvalue weighted by atomic mass is 32.2. The van der Waals surface area contributed by atoms with E-state index >= 15 is 0 Å². The molecule has 2 aromatic rings. The number of aromatic nitrogens is 4. The van der Waals surface area contributed by atoms with Crippen LogP contribution in [0.1, 0.15) is 6.23 Å². The van der Waals surface area contributed by atoms with Crippen molar-refractivity contribution in [2.24, 2.45) is 0 Å². The average Bonchev–Trinajstić information content (AvgIpc) is 3.02. The summed E-state index contributed by atoms with van der Waals surface area (Å²) in [7, 11) is 0. The van der Waals surface area contributed by atoms with E-state index < -0.39 is 31.1 Å². The Labute approximate surface area is 123 Å². The van der Waals surface area contributed by atoms with Crippen LogP contribution in [0.2, 0.25) is 0 Å². The molecule has 0 saturated carbocycles. The van der Waals surface area contributed by atoms with Crippen molar-refractivity contribution in [3.05, 3.63) is 6.33 Å². The zero-order chi connectivity index (χ0) is 15.1. The topological polar surface area (TPSA) is 140 Å². The number of anilines is 1. The normalized spacial score (nSPS) is 29.3. The van der Waals surface area contributed by atoms with Gasteiger partial charge in [0.05, 0.1) is 12.9 Å². The second-order valence-corrected chi connectivity index (χ2v) is 5.42. The lowest BCUT2D eigenvalue weighted by Gasteiger charge is -2.16. The molecule has 9 nitrogen and oxygen atoms in total. The van der Waals surface area contributed by atoms with Gasteiger partial charge >= 0.3 is 0 Å². The first-order valence-electron chi connectivity index (χ1n) is 6.23. The Morgan fingerprint density at radius 3 is 2.76 bits per heavy atom. The van der Waals surface area contributed by atoms with Crippen LogP contribution in [0.3, 0.4) is 0 Å². The van der Waals surface area contributed by atoms with Crippen LogP contribution in [0.5, 0.6) is 0 Å². The van der Waals surface area contributed by atoms with Crippen molar-refractivity contribution in [3.63, 3.8) is 0 Å². The summed E-state index contributed by atoms with van der Waals surface area (Å²) in [5, 5.41) is 29.5. The summed E-state index contributed by atoms with van der Waals surface area (Å²) in [6.07, 6.45) is -0.911. The van der Waals surface area contributed by atoms with Gasteiger partial charge in [0.2, 0.25) is 0 Å². The van der Waals surface area contributed by atoms with E-state index in [1.165, 1.54) is 22.7 Å². The molecular formula is C11H15N5O4S. The summed E-state index contributed by atoms with van der Waals surface area (Å²) < 4.78 is 6.95. The number of nitrogens with zero attached hydrogens (tertiary/aromatic N) is 4. The summed E-state index contributed by atoms with van der Waals surface area (Å²) in [4.78, 5) is 12.5. The molecule has 0 unspecified atom stereocenters. The standard InChI is InChI=1S/C11H15N5O4S/c1-21-11-14-8(12)5-9(15-11)16(3-13-5)10-7(19)6(18)4(2-17)20-10/h3-4,6-7,10,17-19H,2H2,1H3,(H2,12,14,15)/t4-,6-,7+,10+/m1/s1. The van der Waals surface area contributed by atoms with Crippen molar-refractivity contribution in [2.45, 2.75) is 29.7 Å². The Bertz CT molecular complexity index is 665. The highest BCUT2D eigenvalue weighted by molar-refractivity contribution is 7.98. The number of aliphatic hydroxyl groups excluding tert-OH is 3. The number of thioether (sulfide) groups is 1. The van der Waals surface area contributed by atoms with E-state index in [2.05, 4.69) is 15.0 Å². The fourth-order valence-corrected chi connectivity index (χ4v) is 2.67. The third kappa shape index (κ3) is 2.24. The van der Waals surface area contributed by atoms with Gasteiger partial charge in [-0.25, -0.2) is 15.0 Å². The zero-order valence-electron chi connectivity index (χ0n) is 11.1. The van der Waals surface area contributed by atoms with Crippen LogP contribution >= 0.6 is 11.8 Å². The van der Waals surface area contributed by atoms with Crippen LogP contribution in [0.4, 0.5) is 5.82 Å². The summed E-state index contributed by atoms with van der Waals surface area (Å²) in [5.74, 6) is 0.231. The van der Waals surface area contributed by atoms with Crippen LogP contribution in [-0.2, 0) is 4.74 Å².